The van der Waals surface area contributed by atoms with Crippen LogP contribution in [0.1, 0.15) is 34.6 Å². The Kier molecular flexibility index (Phi) is 5.34. The van der Waals surface area contributed by atoms with E-state index in [0.717, 1.165) is 33.8 Å². The zero-order valence-corrected chi connectivity index (χ0v) is 17.4. The second-order valence-corrected chi connectivity index (χ2v) is 7.42. The largest absolute Gasteiger partial charge is 0.374 e. The number of aryl methyl sites for hydroxylation is 1. The van der Waals surface area contributed by atoms with E-state index in [1.54, 1.807) is 12.4 Å². The van der Waals surface area contributed by atoms with Crippen LogP contribution in [0.4, 0.5) is 0 Å². The Morgan fingerprint density at radius 3 is 2.84 bits per heavy atom. The number of para-hydroxylation sites is 2. The van der Waals surface area contributed by atoms with Crippen molar-refractivity contribution in [1.29, 1.82) is 0 Å². The van der Waals surface area contributed by atoms with Gasteiger partial charge >= 0.3 is 0 Å². The SMILES string of the molecule is Cc1nnc2c(C(O)NCCc3nc4ccccc4[nH]3)cc(C#Cc3cccnc3)cn12. The Balaban J connectivity index is 1.36. The standard InChI is InChI=1S/C24H21N7O/c1-16-29-30-23-19(13-18(15-31(16)23)9-8-17-5-4-11-25-14-17)24(32)26-12-10-22-27-20-6-2-3-7-21(20)28-22/h2-7,11,13-15,24,26,32H,10,12H2,1H3,(H,27,28). The molecule has 0 amide bonds. The number of aromatic nitrogens is 6. The van der Waals surface area contributed by atoms with Crippen molar-refractivity contribution < 1.29 is 5.11 Å². The van der Waals surface area contributed by atoms with Gasteiger partial charge in [-0.1, -0.05) is 24.0 Å². The highest BCUT2D eigenvalue weighted by atomic mass is 16.3. The second kappa shape index (κ2) is 8.59. The van der Waals surface area contributed by atoms with Gasteiger partial charge < -0.3 is 10.1 Å². The molecular formula is C24H21N7O. The lowest BCUT2D eigenvalue weighted by atomic mass is 10.1. The van der Waals surface area contributed by atoms with Crippen LogP contribution in [0.5, 0.6) is 0 Å². The van der Waals surface area contributed by atoms with E-state index < -0.39 is 6.23 Å². The average Bonchev–Trinajstić information content (AvgIpc) is 3.41. The van der Waals surface area contributed by atoms with Crippen LogP contribution in [-0.4, -0.2) is 41.2 Å². The fraction of sp³-hybridized carbons (Fsp3) is 0.167. The minimum absolute atomic E-state index is 0.534. The molecule has 0 fully saturated rings. The van der Waals surface area contributed by atoms with Gasteiger partial charge in [-0.05, 0) is 37.3 Å². The molecule has 5 rings (SSSR count). The molecule has 8 heteroatoms. The number of aliphatic hydroxyl groups excluding tert-OH is 1. The lowest BCUT2D eigenvalue weighted by Gasteiger charge is -2.14. The minimum Gasteiger partial charge on any atom is -0.374 e. The number of nitrogens with one attached hydrogen (secondary N) is 2. The molecule has 0 saturated heterocycles. The summed E-state index contributed by atoms with van der Waals surface area (Å²) in [5.41, 5.74) is 4.72. The number of pyridine rings is 2. The molecule has 32 heavy (non-hydrogen) atoms. The predicted molar refractivity (Wildman–Crippen MR) is 121 cm³/mol. The molecule has 4 heterocycles. The molecule has 0 radical (unpaired) electrons. The number of benzene rings is 1. The third-order valence-electron chi connectivity index (χ3n) is 5.15. The summed E-state index contributed by atoms with van der Waals surface area (Å²) in [6, 6.07) is 13.5. The maximum atomic E-state index is 10.9. The van der Waals surface area contributed by atoms with Gasteiger partial charge in [0.15, 0.2) is 5.65 Å². The van der Waals surface area contributed by atoms with Gasteiger partial charge in [-0.3, -0.25) is 14.7 Å². The Labute approximate surface area is 184 Å². The first-order valence-corrected chi connectivity index (χ1v) is 10.3. The summed E-state index contributed by atoms with van der Waals surface area (Å²) in [5, 5.41) is 22.4. The highest BCUT2D eigenvalue weighted by Gasteiger charge is 2.16. The Hall–Kier alpha value is -4.06. The summed E-state index contributed by atoms with van der Waals surface area (Å²) < 4.78 is 1.84. The number of hydrogen-bond acceptors (Lipinski definition) is 6. The van der Waals surface area contributed by atoms with Crippen molar-refractivity contribution in [1.82, 2.24) is 34.9 Å². The van der Waals surface area contributed by atoms with Crippen LogP contribution in [0.25, 0.3) is 16.7 Å². The summed E-state index contributed by atoms with van der Waals surface area (Å²) in [5.74, 6) is 7.83. The number of hydrogen-bond donors (Lipinski definition) is 3. The third-order valence-corrected chi connectivity index (χ3v) is 5.15. The van der Waals surface area contributed by atoms with E-state index in [-0.39, 0.29) is 0 Å². The molecule has 0 bridgehead atoms. The van der Waals surface area contributed by atoms with Gasteiger partial charge in [-0.15, -0.1) is 10.2 Å². The van der Waals surface area contributed by atoms with E-state index in [9.17, 15) is 5.11 Å². The van der Waals surface area contributed by atoms with Gasteiger partial charge in [-0.2, -0.15) is 0 Å². The Morgan fingerprint density at radius 2 is 2.00 bits per heavy atom. The number of aliphatic hydroxyl groups is 1. The monoisotopic (exact) mass is 423 g/mol. The maximum absolute atomic E-state index is 10.9. The van der Waals surface area contributed by atoms with E-state index in [1.165, 1.54) is 0 Å². The normalized spacial score (nSPS) is 12.1. The summed E-state index contributed by atoms with van der Waals surface area (Å²) in [6.07, 6.45) is 5.02. The van der Waals surface area contributed by atoms with Gasteiger partial charge in [0.2, 0.25) is 0 Å². The van der Waals surface area contributed by atoms with Crippen LogP contribution in [0, 0.1) is 18.8 Å². The van der Waals surface area contributed by atoms with Crippen LogP contribution in [0.3, 0.4) is 0 Å². The molecule has 4 aromatic heterocycles. The molecule has 0 saturated carbocycles. The van der Waals surface area contributed by atoms with Crippen LogP contribution >= 0.6 is 0 Å². The van der Waals surface area contributed by atoms with Crippen molar-refractivity contribution in [2.75, 3.05) is 6.54 Å². The maximum Gasteiger partial charge on any atom is 0.168 e. The summed E-state index contributed by atoms with van der Waals surface area (Å²) in [4.78, 5) is 12.0. The summed E-state index contributed by atoms with van der Waals surface area (Å²) in [6.45, 7) is 2.40. The molecule has 0 aliphatic rings. The van der Waals surface area contributed by atoms with Crippen molar-refractivity contribution in [2.24, 2.45) is 0 Å². The van der Waals surface area contributed by atoms with E-state index in [0.29, 0.717) is 24.2 Å². The molecule has 0 spiro atoms. The van der Waals surface area contributed by atoms with Gasteiger partial charge in [0.25, 0.3) is 0 Å². The topological polar surface area (TPSA) is 104 Å². The predicted octanol–water partition coefficient (Wildman–Crippen LogP) is 2.53. The first-order valence-electron chi connectivity index (χ1n) is 10.3. The molecule has 158 valence electrons. The van der Waals surface area contributed by atoms with E-state index in [4.69, 9.17) is 0 Å². The van der Waals surface area contributed by atoms with Gasteiger partial charge in [0, 0.05) is 48.2 Å². The van der Waals surface area contributed by atoms with Crippen LogP contribution in [0.2, 0.25) is 0 Å². The first-order chi connectivity index (χ1) is 15.7. The van der Waals surface area contributed by atoms with Gasteiger partial charge in [0.05, 0.1) is 11.0 Å². The van der Waals surface area contributed by atoms with Crippen LogP contribution in [0.15, 0.2) is 61.1 Å². The molecule has 3 N–H and O–H groups in total. The molecule has 0 aliphatic heterocycles. The lowest BCUT2D eigenvalue weighted by Crippen LogP contribution is -2.24. The highest BCUT2D eigenvalue weighted by molar-refractivity contribution is 5.74. The van der Waals surface area contributed by atoms with Crippen molar-refractivity contribution >= 4 is 16.7 Å². The smallest absolute Gasteiger partial charge is 0.168 e. The van der Waals surface area contributed by atoms with Crippen molar-refractivity contribution in [3.05, 3.63) is 89.4 Å². The van der Waals surface area contributed by atoms with Crippen LogP contribution in [-0.2, 0) is 6.42 Å². The Bertz CT molecular complexity index is 1410. The van der Waals surface area contributed by atoms with E-state index >= 15 is 0 Å². The molecule has 5 aromatic rings. The quantitative estimate of drug-likeness (QED) is 0.296. The number of rotatable bonds is 5. The minimum atomic E-state index is -0.925. The molecule has 1 unspecified atom stereocenters. The summed E-state index contributed by atoms with van der Waals surface area (Å²) in [7, 11) is 0. The zero-order valence-electron chi connectivity index (χ0n) is 17.4. The molecular weight excluding hydrogens is 402 g/mol. The first kappa shape index (κ1) is 19.9. The fourth-order valence-electron chi connectivity index (χ4n) is 3.54. The van der Waals surface area contributed by atoms with Gasteiger partial charge in [0.1, 0.15) is 17.9 Å². The number of H-pyrrole nitrogens is 1. The van der Waals surface area contributed by atoms with Crippen molar-refractivity contribution in [3.8, 4) is 11.8 Å². The average molecular weight is 423 g/mol. The molecule has 1 atom stereocenters. The third kappa shape index (κ3) is 4.07. The zero-order chi connectivity index (χ0) is 21.9. The van der Waals surface area contributed by atoms with Gasteiger partial charge in [-0.25, -0.2) is 4.98 Å². The van der Waals surface area contributed by atoms with Crippen LogP contribution < -0.4 is 5.32 Å². The summed E-state index contributed by atoms with van der Waals surface area (Å²) >= 11 is 0. The highest BCUT2D eigenvalue weighted by Crippen LogP contribution is 2.19. The number of aromatic amines is 1. The molecule has 0 aliphatic carbocycles. The fourth-order valence-corrected chi connectivity index (χ4v) is 3.54. The number of nitrogens with zero attached hydrogens (tertiary/aromatic N) is 5. The number of fused-ring (bicyclic) bond motifs is 2. The van der Waals surface area contributed by atoms with E-state index in [1.807, 2.05) is 60.0 Å². The number of imidazole rings is 1. The molecule has 1 aromatic carbocycles. The Morgan fingerprint density at radius 1 is 1.12 bits per heavy atom. The lowest BCUT2D eigenvalue weighted by molar-refractivity contribution is 0.140. The van der Waals surface area contributed by atoms with Crippen molar-refractivity contribution in [3.63, 3.8) is 0 Å². The second-order valence-electron chi connectivity index (χ2n) is 7.42. The molecule has 8 nitrogen and oxygen atoms in total. The van der Waals surface area contributed by atoms with E-state index in [2.05, 4.69) is 42.3 Å². The van der Waals surface area contributed by atoms with Crippen molar-refractivity contribution in [2.45, 2.75) is 19.6 Å².